The molecule has 4 aliphatic rings. The maximum absolute atomic E-state index is 12.7. The predicted octanol–water partition coefficient (Wildman–Crippen LogP) is 4.19. The second-order valence-electron chi connectivity index (χ2n) is 10.3. The topological polar surface area (TPSA) is 48.0 Å². The van der Waals surface area contributed by atoms with Gasteiger partial charge in [0.1, 0.15) is 11.9 Å². The Balaban J connectivity index is 1.23. The van der Waals surface area contributed by atoms with Gasteiger partial charge in [-0.25, -0.2) is 0 Å². The Kier molecular flexibility index (Phi) is 6.00. The van der Waals surface area contributed by atoms with Crippen molar-refractivity contribution >= 4 is 5.97 Å². The number of fused-ring (bicyclic) bond motifs is 5. The second-order valence-corrected chi connectivity index (χ2v) is 10.3. The van der Waals surface area contributed by atoms with Gasteiger partial charge in [0.2, 0.25) is 0 Å². The maximum atomic E-state index is 12.7. The highest BCUT2D eigenvalue weighted by atomic mass is 16.5. The number of ether oxygens (including phenoxy) is 3. The van der Waals surface area contributed by atoms with Crippen LogP contribution in [-0.2, 0) is 20.7 Å². The molecule has 3 fully saturated rings. The van der Waals surface area contributed by atoms with Gasteiger partial charge >= 0.3 is 5.97 Å². The number of morpholine rings is 1. The molecule has 1 saturated heterocycles. The fourth-order valence-electron chi connectivity index (χ4n) is 7.12. The molecule has 31 heavy (non-hydrogen) atoms. The number of nitrogens with zero attached hydrogens (tertiary/aromatic N) is 1. The van der Waals surface area contributed by atoms with Crippen LogP contribution in [0.25, 0.3) is 0 Å². The van der Waals surface area contributed by atoms with Crippen molar-refractivity contribution in [3.05, 3.63) is 29.3 Å². The monoisotopic (exact) mass is 427 g/mol. The zero-order valence-corrected chi connectivity index (χ0v) is 19.1. The molecule has 0 unspecified atom stereocenters. The summed E-state index contributed by atoms with van der Waals surface area (Å²) in [4.78, 5) is 15.0. The maximum Gasteiger partial charge on any atom is 0.307 e. The first-order valence-corrected chi connectivity index (χ1v) is 12.2. The summed E-state index contributed by atoms with van der Waals surface area (Å²) in [5.41, 5.74) is 3.16. The molecule has 5 heteroatoms. The van der Waals surface area contributed by atoms with E-state index in [1.807, 2.05) is 0 Å². The lowest BCUT2D eigenvalue weighted by Gasteiger charge is -2.50. The standard InChI is InChI=1S/C26H37NO4/c1-26-11-9-21-20-6-4-19(29-2)17-18(20)3-5-22(21)23(26)7-8-24(26)31-25(28)10-12-27-13-15-30-16-14-27/h4,6,17,21-24H,3,5,7-16H2,1-2H3/t21-,22+,23-,24+,26+/m1/s1. The number of carbonyl (C=O) groups is 1. The van der Waals surface area contributed by atoms with Crippen LogP contribution in [0.15, 0.2) is 18.2 Å². The smallest absolute Gasteiger partial charge is 0.307 e. The Hall–Kier alpha value is -1.59. The number of esters is 1. The van der Waals surface area contributed by atoms with E-state index in [0.29, 0.717) is 18.3 Å². The van der Waals surface area contributed by atoms with Gasteiger partial charge in [-0.2, -0.15) is 0 Å². The number of hydrogen-bond donors (Lipinski definition) is 0. The fourth-order valence-corrected chi connectivity index (χ4v) is 7.12. The van der Waals surface area contributed by atoms with Crippen LogP contribution in [0.3, 0.4) is 0 Å². The van der Waals surface area contributed by atoms with E-state index in [4.69, 9.17) is 14.2 Å². The second kappa shape index (κ2) is 8.74. The van der Waals surface area contributed by atoms with Gasteiger partial charge in [0, 0.05) is 25.0 Å². The van der Waals surface area contributed by atoms with Gasteiger partial charge < -0.3 is 14.2 Å². The van der Waals surface area contributed by atoms with Crippen LogP contribution in [-0.4, -0.2) is 56.9 Å². The minimum atomic E-state index is -0.0124. The van der Waals surface area contributed by atoms with E-state index in [9.17, 15) is 4.79 Å². The van der Waals surface area contributed by atoms with Gasteiger partial charge in [-0.05, 0) is 79.5 Å². The van der Waals surface area contributed by atoms with E-state index in [2.05, 4.69) is 30.0 Å². The van der Waals surface area contributed by atoms with Crippen molar-refractivity contribution in [2.75, 3.05) is 40.0 Å². The molecule has 1 aliphatic heterocycles. The van der Waals surface area contributed by atoms with Gasteiger partial charge in [-0.3, -0.25) is 9.69 Å². The van der Waals surface area contributed by atoms with E-state index in [1.165, 1.54) is 24.8 Å². The molecule has 5 rings (SSSR count). The number of aryl methyl sites for hydroxylation is 1. The Morgan fingerprint density at radius 3 is 2.84 bits per heavy atom. The first kappa shape index (κ1) is 21.3. The van der Waals surface area contributed by atoms with E-state index < -0.39 is 0 Å². The summed E-state index contributed by atoms with van der Waals surface area (Å²) < 4.78 is 17.0. The molecule has 5 atom stereocenters. The van der Waals surface area contributed by atoms with Crippen molar-refractivity contribution in [3.8, 4) is 5.75 Å². The normalized spacial score (nSPS) is 35.0. The van der Waals surface area contributed by atoms with Crippen molar-refractivity contribution in [3.63, 3.8) is 0 Å². The van der Waals surface area contributed by atoms with Crippen molar-refractivity contribution in [2.45, 2.75) is 63.9 Å². The molecule has 0 aromatic heterocycles. The highest BCUT2D eigenvalue weighted by Crippen LogP contribution is 2.61. The van der Waals surface area contributed by atoms with Gasteiger partial charge in [0.15, 0.2) is 0 Å². The summed E-state index contributed by atoms with van der Waals surface area (Å²) in [6.07, 6.45) is 7.58. The van der Waals surface area contributed by atoms with Crippen LogP contribution in [0, 0.1) is 17.3 Å². The molecule has 1 aromatic rings. The van der Waals surface area contributed by atoms with Crippen LogP contribution in [0.4, 0.5) is 0 Å². The van der Waals surface area contributed by atoms with Crippen molar-refractivity contribution in [1.29, 1.82) is 0 Å². The molecular formula is C26H37NO4. The van der Waals surface area contributed by atoms with E-state index >= 15 is 0 Å². The zero-order valence-electron chi connectivity index (χ0n) is 19.1. The van der Waals surface area contributed by atoms with Crippen LogP contribution < -0.4 is 4.74 Å². The number of carbonyl (C=O) groups excluding carboxylic acids is 1. The Bertz CT molecular complexity index is 805. The van der Waals surface area contributed by atoms with Crippen LogP contribution in [0.2, 0.25) is 0 Å². The largest absolute Gasteiger partial charge is 0.497 e. The third kappa shape index (κ3) is 4.00. The summed E-state index contributed by atoms with van der Waals surface area (Å²) in [6.45, 7) is 6.59. The quantitative estimate of drug-likeness (QED) is 0.660. The average Bonchev–Trinajstić information content (AvgIpc) is 3.13. The molecule has 2 saturated carbocycles. The molecule has 0 amide bonds. The first-order chi connectivity index (χ1) is 15.1. The Morgan fingerprint density at radius 2 is 2.03 bits per heavy atom. The lowest BCUT2D eigenvalue weighted by atomic mass is 9.55. The molecule has 1 aromatic carbocycles. The predicted molar refractivity (Wildman–Crippen MR) is 119 cm³/mol. The third-order valence-electron chi connectivity index (χ3n) is 8.86. The Labute approximate surface area is 186 Å². The minimum absolute atomic E-state index is 0.0124. The third-order valence-corrected chi connectivity index (χ3v) is 8.86. The molecule has 0 radical (unpaired) electrons. The van der Waals surface area contributed by atoms with Crippen LogP contribution in [0.1, 0.15) is 62.5 Å². The zero-order chi connectivity index (χ0) is 21.4. The number of benzene rings is 1. The summed E-state index contributed by atoms with van der Waals surface area (Å²) >= 11 is 0. The number of methoxy groups -OCH3 is 1. The SMILES string of the molecule is COc1ccc2c(c1)CC[C@H]1[C@@H]2CC[C@]2(C)[C@@H](OC(=O)CCN3CCOCC3)CC[C@H]12. The molecule has 0 N–H and O–H groups in total. The number of rotatable bonds is 5. The molecule has 0 spiro atoms. The van der Waals surface area contributed by atoms with Crippen molar-refractivity contribution in [1.82, 2.24) is 4.90 Å². The van der Waals surface area contributed by atoms with Crippen LogP contribution >= 0.6 is 0 Å². The average molecular weight is 428 g/mol. The minimum Gasteiger partial charge on any atom is -0.497 e. The van der Waals surface area contributed by atoms with Gasteiger partial charge in [-0.1, -0.05) is 13.0 Å². The summed E-state index contributed by atoms with van der Waals surface area (Å²) in [5.74, 6) is 3.00. The molecule has 170 valence electrons. The lowest BCUT2D eigenvalue weighted by molar-refractivity contribution is -0.158. The summed E-state index contributed by atoms with van der Waals surface area (Å²) in [7, 11) is 1.75. The summed E-state index contributed by atoms with van der Waals surface area (Å²) in [5, 5.41) is 0. The van der Waals surface area contributed by atoms with E-state index in [1.54, 1.807) is 12.7 Å². The highest BCUT2D eigenvalue weighted by molar-refractivity contribution is 5.70. The Morgan fingerprint density at radius 1 is 1.19 bits per heavy atom. The highest BCUT2D eigenvalue weighted by Gasteiger charge is 2.56. The fraction of sp³-hybridized carbons (Fsp3) is 0.731. The van der Waals surface area contributed by atoms with Gasteiger partial charge in [-0.15, -0.1) is 0 Å². The summed E-state index contributed by atoms with van der Waals surface area (Å²) in [6, 6.07) is 6.68. The molecule has 0 bridgehead atoms. The van der Waals surface area contributed by atoms with Crippen molar-refractivity contribution < 1.29 is 19.0 Å². The van der Waals surface area contributed by atoms with Gasteiger partial charge in [0.25, 0.3) is 0 Å². The molecule has 5 nitrogen and oxygen atoms in total. The molecular weight excluding hydrogens is 390 g/mol. The van der Waals surface area contributed by atoms with Crippen LogP contribution in [0.5, 0.6) is 5.75 Å². The number of hydrogen-bond acceptors (Lipinski definition) is 5. The lowest BCUT2D eigenvalue weighted by Crippen LogP contribution is -2.45. The van der Waals surface area contributed by atoms with E-state index in [0.717, 1.165) is 63.8 Å². The first-order valence-electron chi connectivity index (χ1n) is 12.2. The molecule has 3 aliphatic carbocycles. The van der Waals surface area contributed by atoms with Gasteiger partial charge in [0.05, 0.1) is 26.7 Å². The molecule has 1 heterocycles. The van der Waals surface area contributed by atoms with E-state index in [-0.39, 0.29) is 17.5 Å². The van der Waals surface area contributed by atoms with Crippen molar-refractivity contribution in [2.24, 2.45) is 17.3 Å².